The highest BCUT2D eigenvalue weighted by atomic mass is 127. The Balaban J connectivity index is 1.46. The van der Waals surface area contributed by atoms with E-state index in [2.05, 4.69) is 27.9 Å². The van der Waals surface area contributed by atoms with E-state index >= 15 is 0 Å². The molecule has 5 rings (SSSR count). The Hall–Kier alpha value is -2.42. The number of fused-ring (bicyclic) bond motifs is 1. The van der Waals surface area contributed by atoms with E-state index in [4.69, 9.17) is 4.74 Å². The van der Waals surface area contributed by atoms with Crippen molar-refractivity contribution >= 4 is 40.5 Å². The topological polar surface area (TPSA) is 75.7 Å². The third-order valence-electron chi connectivity index (χ3n) is 7.57. The largest absolute Gasteiger partial charge is 0.461 e. The summed E-state index contributed by atoms with van der Waals surface area (Å²) in [6, 6.07) is 18.0. The second kappa shape index (κ2) is 8.74. The molecule has 1 aliphatic heterocycles. The van der Waals surface area contributed by atoms with E-state index < -0.39 is 23.9 Å². The number of hydrogen-bond acceptors (Lipinski definition) is 4. The zero-order chi connectivity index (χ0) is 23.3. The number of ether oxygens (including phenoxy) is 1. The standard InChI is InChI=1S/C26H27IN2O4/c1-14(16-9-5-3-6-10-16)28-26(32)29(15(2)17-11-7-4-8-12-17)24(30)20-18-13-19-21(20)25(31)33-23(19)22(18)27/h3-12,14-15,18-23H,13H2,1-2H3,(H,28,32)/t14-,15-,18-,19+,20+,21+,22-,23-/m0/s1. The number of hydrogen-bond donors (Lipinski definition) is 1. The van der Waals surface area contributed by atoms with Crippen LogP contribution in [0.4, 0.5) is 4.79 Å². The van der Waals surface area contributed by atoms with Crippen LogP contribution < -0.4 is 5.32 Å². The monoisotopic (exact) mass is 558 g/mol. The second-order valence-electron chi connectivity index (χ2n) is 9.34. The van der Waals surface area contributed by atoms with Gasteiger partial charge in [-0.1, -0.05) is 83.3 Å². The van der Waals surface area contributed by atoms with Crippen molar-refractivity contribution in [3.8, 4) is 0 Å². The fourth-order valence-electron chi connectivity index (χ4n) is 5.90. The average Bonchev–Trinajstić information content (AvgIpc) is 3.44. The highest BCUT2D eigenvalue weighted by molar-refractivity contribution is 14.1. The van der Waals surface area contributed by atoms with Gasteiger partial charge < -0.3 is 10.1 Å². The molecule has 0 spiro atoms. The predicted octanol–water partition coefficient (Wildman–Crippen LogP) is 4.66. The molecule has 3 aliphatic rings. The van der Waals surface area contributed by atoms with Crippen molar-refractivity contribution in [1.82, 2.24) is 10.2 Å². The number of imide groups is 1. The molecule has 2 saturated carbocycles. The molecule has 2 bridgehead atoms. The van der Waals surface area contributed by atoms with Gasteiger partial charge in [-0.05, 0) is 37.3 Å². The van der Waals surface area contributed by atoms with Gasteiger partial charge in [0.15, 0.2) is 0 Å². The van der Waals surface area contributed by atoms with Gasteiger partial charge in [-0.15, -0.1) is 0 Å². The number of amides is 3. The van der Waals surface area contributed by atoms with E-state index in [-0.39, 0.29) is 39.8 Å². The first-order valence-electron chi connectivity index (χ1n) is 11.5. The summed E-state index contributed by atoms with van der Waals surface area (Å²) >= 11 is 2.32. The number of alkyl halides is 1. The zero-order valence-corrected chi connectivity index (χ0v) is 20.7. The van der Waals surface area contributed by atoms with E-state index in [0.29, 0.717) is 0 Å². The van der Waals surface area contributed by atoms with E-state index in [1.165, 1.54) is 4.90 Å². The summed E-state index contributed by atoms with van der Waals surface area (Å²) in [5.41, 5.74) is 1.83. The van der Waals surface area contributed by atoms with E-state index in [0.717, 1.165) is 17.5 Å². The van der Waals surface area contributed by atoms with E-state index in [1.807, 2.05) is 74.5 Å². The maximum absolute atomic E-state index is 14.0. The van der Waals surface area contributed by atoms with E-state index in [1.54, 1.807) is 0 Å². The predicted molar refractivity (Wildman–Crippen MR) is 131 cm³/mol. The molecule has 172 valence electrons. The molecule has 1 saturated heterocycles. The summed E-state index contributed by atoms with van der Waals surface area (Å²) in [7, 11) is 0. The maximum Gasteiger partial charge on any atom is 0.325 e. The van der Waals surface area contributed by atoms with Crippen molar-refractivity contribution in [2.75, 3.05) is 0 Å². The molecule has 7 heteroatoms. The van der Waals surface area contributed by atoms with Crippen molar-refractivity contribution < 1.29 is 19.1 Å². The molecule has 0 unspecified atom stereocenters. The smallest absolute Gasteiger partial charge is 0.325 e. The Kier molecular flexibility index (Phi) is 5.93. The van der Waals surface area contributed by atoms with Crippen LogP contribution in [-0.2, 0) is 14.3 Å². The fourth-order valence-corrected chi connectivity index (χ4v) is 7.32. The molecule has 1 heterocycles. The summed E-state index contributed by atoms with van der Waals surface area (Å²) in [5.74, 6) is -1.39. The molecule has 2 aliphatic carbocycles. The molecule has 1 N–H and O–H groups in total. The molecule has 6 nitrogen and oxygen atoms in total. The molecule has 0 radical (unpaired) electrons. The lowest BCUT2D eigenvalue weighted by Gasteiger charge is -2.35. The lowest BCUT2D eigenvalue weighted by Crippen LogP contribution is -2.51. The quantitative estimate of drug-likeness (QED) is 0.329. The normalized spacial score (nSPS) is 31.1. The van der Waals surface area contributed by atoms with Gasteiger partial charge in [0.05, 0.1) is 27.8 Å². The SMILES string of the molecule is C[C@H](NC(=O)N(C(=O)[C@@H]1[C@@H]2C[C@H]3[C@H](OC(=O)[C@H]31)[C@H]2I)[C@@H](C)c1ccccc1)c1ccccc1. The van der Waals surface area contributed by atoms with Gasteiger partial charge in [-0.25, -0.2) is 4.79 Å². The number of carbonyl (C=O) groups is 3. The van der Waals surface area contributed by atoms with Crippen LogP contribution in [0.1, 0.15) is 43.5 Å². The van der Waals surface area contributed by atoms with Gasteiger partial charge >= 0.3 is 12.0 Å². The number of urea groups is 1. The fraction of sp³-hybridized carbons (Fsp3) is 0.423. The lowest BCUT2D eigenvalue weighted by atomic mass is 9.79. The molecular formula is C26H27IN2O4. The number of rotatable bonds is 5. The Morgan fingerprint density at radius 3 is 2.24 bits per heavy atom. The van der Waals surface area contributed by atoms with Gasteiger partial charge in [0.1, 0.15) is 6.10 Å². The van der Waals surface area contributed by atoms with Gasteiger partial charge in [-0.3, -0.25) is 14.5 Å². The summed E-state index contributed by atoms with van der Waals surface area (Å²) < 4.78 is 5.72. The average molecular weight is 558 g/mol. The first kappa shape index (κ1) is 22.4. The zero-order valence-electron chi connectivity index (χ0n) is 18.6. The molecule has 2 aromatic carbocycles. The number of esters is 1. The first-order valence-corrected chi connectivity index (χ1v) is 12.7. The van der Waals surface area contributed by atoms with Crippen LogP contribution >= 0.6 is 22.6 Å². The highest BCUT2D eigenvalue weighted by Crippen LogP contribution is 2.60. The minimum absolute atomic E-state index is 0.0503. The van der Waals surface area contributed by atoms with Crippen molar-refractivity contribution in [1.29, 1.82) is 0 Å². The summed E-state index contributed by atoms with van der Waals surface area (Å²) in [5, 5.41) is 3.01. The number of benzene rings is 2. The molecule has 8 atom stereocenters. The Bertz CT molecular complexity index is 1060. The Morgan fingerprint density at radius 1 is 1.00 bits per heavy atom. The van der Waals surface area contributed by atoms with Crippen LogP contribution in [0.15, 0.2) is 60.7 Å². The van der Waals surface area contributed by atoms with Crippen LogP contribution in [0.25, 0.3) is 0 Å². The number of nitrogens with zero attached hydrogens (tertiary/aromatic N) is 1. The maximum atomic E-state index is 14.0. The van der Waals surface area contributed by atoms with Gasteiger partial charge in [0.25, 0.3) is 0 Å². The minimum atomic E-state index is -0.521. The van der Waals surface area contributed by atoms with Crippen LogP contribution in [0, 0.1) is 23.7 Å². The van der Waals surface area contributed by atoms with Crippen LogP contribution in [0.3, 0.4) is 0 Å². The highest BCUT2D eigenvalue weighted by Gasteiger charge is 2.68. The summed E-state index contributed by atoms with van der Waals surface area (Å²) in [4.78, 5) is 41.6. The van der Waals surface area contributed by atoms with Crippen molar-refractivity contribution in [3.05, 3.63) is 71.8 Å². The first-order chi connectivity index (χ1) is 15.9. The minimum Gasteiger partial charge on any atom is -0.461 e. The Labute approximate surface area is 207 Å². The van der Waals surface area contributed by atoms with Crippen molar-refractivity contribution in [3.63, 3.8) is 0 Å². The van der Waals surface area contributed by atoms with Gasteiger partial charge in [0.2, 0.25) is 5.91 Å². The molecule has 3 amide bonds. The van der Waals surface area contributed by atoms with Crippen molar-refractivity contribution in [2.24, 2.45) is 23.7 Å². The third kappa shape index (κ3) is 3.74. The molecule has 3 fully saturated rings. The second-order valence-corrected chi connectivity index (χ2v) is 10.8. The number of carbonyl (C=O) groups excluding carboxylic acids is 3. The molecule has 2 aromatic rings. The number of nitrogens with one attached hydrogen (secondary N) is 1. The lowest BCUT2D eigenvalue weighted by molar-refractivity contribution is -0.148. The van der Waals surface area contributed by atoms with Gasteiger partial charge in [0, 0.05) is 5.92 Å². The van der Waals surface area contributed by atoms with Crippen LogP contribution in [0.2, 0.25) is 0 Å². The third-order valence-corrected chi connectivity index (χ3v) is 9.21. The molecule has 33 heavy (non-hydrogen) atoms. The van der Waals surface area contributed by atoms with Gasteiger partial charge in [-0.2, -0.15) is 0 Å². The Morgan fingerprint density at radius 2 is 1.61 bits per heavy atom. The van der Waals surface area contributed by atoms with Crippen LogP contribution in [-0.4, -0.2) is 32.8 Å². The molecule has 0 aromatic heterocycles. The van der Waals surface area contributed by atoms with E-state index in [9.17, 15) is 14.4 Å². The number of halogens is 1. The van der Waals surface area contributed by atoms with Crippen molar-refractivity contribution in [2.45, 2.75) is 42.4 Å². The molecular weight excluding hydrogens is 531 g/mol. The summed E-state index contributed by atoms with van der Waals surface area (Å²) in [6.07, 6.45) is 0.713. The van der Waals surface area contributed by atoms with Crippen LogP contribution in [0.5, 0.6) is 0 Å². The summed E-state index contributed by atoms with van der Waals surface area (Å²) in [6.45, 7) is 3.77.